The summed E-state index contributed by atoms with van der Waals surface area (Å²) in [4.78, 5) is 3.92. The van der Waals surface area contributed by atoms with Gasteiger partial charge in [-0.2, -0.15) is 0 Å². The van der Waals surface area contributed by atoms with Gasteiger partial charge in [-0.1, -0.05) is 36.7 Å². The van der Waals surface area contributed by atoms with Gasteiger partial charge in [0.15, 0.2) is 5.82 Å². The first-order valence-electron chi connectivity index (χ1n) is 6.42. The molecule has 0 radical (unpaired) electrons. The van der Waals surface area contributed by atoms with Crippen molar-refractivity contribution in [2.45, 2.75) is 20.1 Å². The van der Waals surface area contributed by atoms with Crippen LogP contribution in [0.1, 0.15) is 18.1 Å². The molecule has 0 saturated carbocycles. The van der Waals surface area contributed by atoms with Crippen molar-refractivity contribution in [2.24, 2.45) is 0 Å². The van der Waals surface area contributed by atoms with Crippen LogP contribution in [-0.4, -0.2) is 11.5 Å². The van der Waals surface area contributed by atoms with E-state index in [9.17, 15) is 4.39 Å². The summed E-state index contributed by atoms with van der Waals surface area (Å²) in [5.41, 5.74) is 1.34. The smallest absolute Gasteiger partial charge is 0.251 e. The molecule has 0 aliphatic rings. The van der Waals surface area contributed by atoms with E-state index in [1.54, 1.807) is 12.1 Å². The van der Waals surface area contributed by atoms with Crippen molar-refractivity contribution in [3.63, 3.8) is 0 Å². The third kappa shape index (κ3) is 3.68. The molecule has 0 aliphatic heterocycles. The highest BCUT2D eigenvalue weighted by Crippen LogP contribution is 2.21. The molecule has 106 valence electrons. The van der Waals surface area contributed by atoms with E-state index in [-0.39, 0.29) is 12.5 Å². The van der Waals surface area contributed by atoms with E-state index < -0.39 is 5.82 Å². The number of nitrogens with zero attached hydrogens (tertiary/aromatic N) is 1. The topological polar surface area (TPSA) is 34.2 Å². The highest BCUT2D eigenvalue weighted by Gasteiger charge is 2.11. The van der Waals surface area contributed by atoms with Crippen molar-refractivity contribution in [3.05, 3.63) is 58.5 Å². The van der Waals surface area contributed by atoms with Crippen molar-refractivity contribution in [3.8, 4) is 5.88 Å². The summed E-state index contributed by atoms with van der Waals surface area (Å²) in [5.74, 6) is -0.430. The molecule has 0 unspecified atom stereocenters. The second-order valence-electron chi connectivity index (χ2n) is 4.25. The normalized spacial score (nSPS) is 10.6. The van der Waals surface area contributed by atoms with Crippen molar-refractivity contribution in [1.82, 2.24) is 10.3 Å². The minimum atomic E-state index is -0.430. The van der Waals surface area contributed by atoms with Crippen molar-refractivity contribution in [1.29, 1.82) is 0 Å². The van der Waals surface area contributed by atoms with Gasteiger partial charge >= 0.3 is 0 Å². The van der Waals surface area contributed by atoms with Crippen LogP contribution >= 0.6 is 11.6 Å². The number of aromatic nitrogens is 1. The van der Waals surface area contributed by atoms with Gasteiger partial charge in [0.25, 0.3) is 5.88 Å². The molecule has 2 aromatic rings. The maximum absolute atomic E-state index is 14.1. The van der Waals surface area contributed by atoms with Gasteiger partial charge in [0.05, 0.1) is 0 Å². The molecule has 1 aromatic heterocycles. The molecule has 1 heterocycles. The summed E-state index contributed by atoms with van der Waals surface area (Å²) in [6.45, 7) is 3.38. The first-order valence-corrected chi connectivity index (χ1v) is 6.80. The molecule has 0 spiro atoms. The molecule has 0 amide bonds. The summed E-state index contributed by atoms with van der Waals surface area (Å²) in [6, 6.07) is 8.94. The second kappa shape index (κ2) is 7.22. The molecule has 0 atom stereocenters. The summed E-state index contributed by atoms with van der Waals surface area (Å²) < 4.78 is 19.6. The van der Waals surface area contributed by atoms with E-state index >= 15 is 0 Å². The lowest BCUT2D eigenvalue weighted by Gasteiger charge is -2.10. The van der Waals surface area contributed by atoms with Crippen LogP contribution in [0.4, 0.5) is 4.39 Å². The Balaban J connectivity index is 2.08. The maximum Gasteiger partial charge on any atom is 0.251 e. The van der Waals surface area contributed by atoms with Crippen LogP contribution in [0, 0.1) is 5.82 Å². The van der Waals surface area contributed by atoms with Gasteiger partial charge in [0.1, 0.15) is 6.61 Å². The fourth-order valence-corrected chi connectivity index (χ4v) is 1.91. The van der Waals surface area contributed by atoms with Crippen LogP contribution in [0.5, 0.6) is 5.88 Å². The molecule has 0 saturated heterocycles. The zero-order valence-electron chi connectivity index (χ0n) is 11.2. The quantitative estimate of drug-likeness (QED) is 0.884. The number of ether oxygens (including phenoxy) is 1. The van der Waals surface area contributed by atoms with Crippen LogP contribution in [0.25, 0.3) is 0 Å². The van der Waals surface area contributed by atoms with Gasteiger partial charge in [-0.3, -0.25) is 0 Å². The zero-order chi connectivity index (χ0) is 14.4. The number of halogens is 2. The largest absolute Gasteiger partial charge is 0.471 e. The van der Waals surface area contributed by atoms with Crippen LogP contribution in [-0.2, 0) is 13.2 Å². The Labute approximate surface area is 122 Å². The predicted molar refractivity (Wildman–Crippen MR) is 77.4 cm³/mol. The Morgan fingerprint density at radius 3 is 2.80 bits per heavy atom. The van der Waals surface area contributed by atoms with Crippen LogP contribution in [0.3, 0.4) is 0 Å². The molecule has 0 fully saturated rings. The lowest BCUT2D eigenvalue weighted by Crippen LogP contribution is -2.13. The number of pyridine rings is 1. The minimum Gasteiger partial charge on any atom is -0.471 e. The summed E-state index contributed by atoms with van der Waals surface area (Å²) in [7, 11) is 0. The van der Waals surface area contributed by atoms with Gasteiger partial charge in [-0.15, -0.1) is 0 Å². The van der Waals surface area contributed by atoms with Gasteiger partial charge in [-0.05, 0) is 18.7 Å². The molecule has 1 aromatic carbocycles. The van der Waals surface area contributed by atoms with Crippen LogP contribution in [0.15, 0.2) is 36.5 Å². The minimum absolute atomic E-state index is 0.000299. The molecule has 5 heteroatoms. The van der Waals surface area contributed by atoms with Gasteiger partial charge in [0.2, 0.25) is 0 Å². The number of hydrogen-bond donors (Lipinski definition) is 1. The highest BCUT2D eigenvalue weighted by molar-refractivity contribution is 6.31. The van der Waals surface area contributed by atoms with Crippen molar-refractivity contribution in [2.75, 3.05) is 6.54 Å². The number of rotatable bonds is 6. The summed E-state index contributed by atoms with van der Waals surface area (Å²) in [6.07, 6.45) is 1.54. The van der Waals surface area contributed by atoms with E-state index in [0.717, 1.165) is 12.1 Å². The Morgan fingerprint density at radius 2 is 2.05 bits per heavy atom. The Bertz CT molecular complexity index is 578. The summed E-state index contributed by atoms with van der Waals surface area (Å²) >= 11 is 6.03. The standard InChI is InChI=1S/C15H16ClFN2O/c1-2-18-9-11-7-8-19-15(14(11)17)20-10-12-5-3-4-6-13(12)16/h3-8,18H,2,9-10H2,1H3. The first kappa shape index (κ1) is 14.8. The highest BCUT2D eigenvalue weighted by atomic mass is 35.5. The fraction of sp³-hybridized carbons (Fsp3) is 0.267. The van der Waals surface area contributed by atoms with Gasteiger partial charge in [-0.25, -0.2) is 9.37 Å². The lowest BCUT2D eigenvalue weighted by atomic mass is 10.2. The average molecular weight is 295 g/mol. The van der Waals surface area contributed by atoms with Crippen molar-refractivity contribution >= 4 is 11.6 Å². The maximum atomic E-state index is 14.1. The van der Waals surface area contributed by atoms with E-state index in [2.05, 4.69) is 10.3 Å². The van der Waals surface area contributed by atoms with Crippen LogP contribution < -0.4 is 10.1 Å². The van der Waals surface area contributed by atoms with Gasteiger partial charge in [0, 0.05) is 28.9 Å². The Morgan fingerprint density at radius 1 is 1.25 bits per heavy atom. The van der Waals surface area contributed by atoms with Gasteiger partial charge < -0.3 is 10.1 Å². The molecular weight excluding hydrogens is 279 g/mol. The second-order valence-corrected chi connectivity index (χ2v) is 4.66. The predicted octanol–water partition coefficient (Wildman–Crippen LogP) is 3.56. The van der Waals surface area contributed by atoms with E-state index in [4.69, 9.17) is 16.3 Å². The monoisotopic (exact) mass is 294 g/mol. The van der Waals surface area contributed by atoms with E-state index in [1.165, 1.54) is 6.20 Å². The third-order valence-electron chi connectivity index (χ3n) is 2.82. The molecule has 0 bridgehead atoms. The number of benzene rings is 1. The molecule has 20 heavy (non-hydrogen) atoms. The lowest BCUT2D eigenvalue weighted by molar-refractivity contribution is 0.276. The van der Waals surface area contributed by atoms with E-state index in [1.807, 2.05) is 25.1 Å². The van der Waals surface area contributed by atoms with E-state index in [0.29, 0.717) is 17.1 Å². The Hall–Kier alpha value is -1.65. The molecule has 3 nitrogen and oxygen atoms in total. The molecule has 2 rings (SSSR count). The SMILES string of the molecule is CCNCc1ccnc(OCc2ccccc2Cl)c1F. The number of nitrogens with one attached hydrogen (secondary N) is 1. The zero-order valence-corrected chi connectivity index (χ0v) is 12.0. The van der Waals surface area contributed by atoms with Crippen molar-refractivity contribution < 1.29 is 9.13 Å². The number of hydrogen-bond acceptors (Lipinski definition) is 3. The average Bonchev–Trinajstić information content (AvgIpc) is 2.46. The Kier molecular flexibility index (Phi) is 5.32. The van der Waals surface area contributed by atoms with Crippen LogP contribution in [0.2, 0.25) is 5.02 Å². The summed E-state index contributed by atoms with van der Waals surface area (Å²) in [5, 5.41) is 3.67. The molecular formula is C15H16ClFN2O. The molecule has 0 aliphatic carbocycles. The first-order chi connectivity index (χ1) is 9.72. The molecule has 1 N–H and O–H groups in total. The third-order valence-corrected chi connectivity index (χ3v) is 3.19. The fourth-order valence-electron chi connectivity index (χ4n) is 1.72.